The second-order valence-corrected chi connectivity index (χ2v) is 4.85. The molecule has 0 saturated heterocycles. The Hall–Kier alpha value is -3.03. The summed E-state index contributed by atoms with van der Waals surface area (Å²) >= 11 is 0. The van der Waals surface area contributed by atoms with E-state index in [9.17, 15) is 18.8 Å². The molecule has 0 aliphatic heterocycles. The van der Waals surface area contributed by atoms with E-state index in [1.54, 1.807) is 0 Å². The Morgan fingerprint density at radius 3 is 2.52 bits per heavy atom. The summed E-state index contributed by atoms with van der Waals surface area (Å²) in [5, 5.41) is 15.0. The molecule has 7 nitrogen and oxygen atoms in total. The van der Waals surface area contributed by atoms with Crippen molar-refractivity contribution in [3.05, 3.63) is 52.6 Å². The minimum absolute atomic E-state index is 0.392. The Balaban J connectivity index is 2.21. The fourth-order valence-electron chi connectivity index (χ4n) is 1.82. The Morgan fingerprint density at radius 2 is 1.91 bits per heavy atom. The maximum atomic E-state index is 12.9. The van der Waals surface area contributed by atoms with Crippen molar-refractivity contribution >= 4 is 11.9 Å². The van der Waals surface area contributed by atoms with Crippen LogP contribution in [0, 0.1) is 5.82 Å². The lowest BCUT2D eigenvalue weighted by Gasteiger charge is -2.10. The van der Waals surface area contributed by atoms with E-state index in [0.29, 0.717) is 11.3 Å². The van der Waals surface area contributed by atoms with E-state index in [1.165, 1.54) is 43.3 Å². The smallest absolute Gasteiger partial charge is 0.325 e. The van der Waals surface area contributed by atoms with Gasteiger partial charge in [0.2, 0.25) is 5.91 Å². The second-order valence-electron chi connectivity index (χ2n) is 4.85. The van der Waals surface area contributed by atoms with Crippen molar-refractivity contribution in [1.82, 2.24) is 15.1 Å². The summed E-state index contributed by atoms with van der Waals surface area (Å²) in [6.45, 7) is 0.900. The number of carboxylic acids is 1. The highest BCUT2D eigenvalue weighted by Crippen LogP contribution is 2.15. The Morgan fingerprint density at radius 1 is 1.26 bits per heavy atom. The number of nitrogens with one attached hydrogen (secondary N) is 1. The van der Waals surface area contributed by atoms with Gasteiger partial charge in [-0.2, -0.15) is 5.10 Å². The normalized spacial score (nSPS) is 11.7. The molecule has 1 aromatic carbocycles. The van der Waals surface area contributed by atoms with E-state index < -0.39 is 35.8 Å². The van der Waals surface area contributed by atoms with Crippen LogP contribution in [0.4, 0.5) is 4.39 Å². The summed E-state index contributed by atoms with van der Waals surface area (Å²) in [6.07, 6.45) is 0. The summed E-state index contributed by atoms with van der Waals surface area (Å²) in [4.78, 5) is 34.2. The van der Waals surface area contributed by atoms with Gasteiger partial charge in [-0.25, -0.2) is 9.07 Å². The van der Waals surface area contributed by atoms with Crippen LogP contribution in [0.3, 0.4) is 0 Å². The molecule has 1 unspecified atom stereocenters. The molecule has 0 aliphatic carbocycles. The number of amides is 1. The number of carbonyl (C=O) groups excluding carboxylic acids is 1. The molecule has 2 aromatic rings. The van der Waals surface area contributed by atoms with Crippen molar-refractivity contribution in [2.24, 2.45) is 0 Å². The first-order valence-corrected chi connectivity index (χ1v) is 6.73. The van der Waals surface area contributed by atoms with Gasteiger partial charge in [-0.3, -0.25) is 14.4 Å². The maximum absolute atomic E-state index is 12.9. The molecule has 2 rings (SSSR count). The SMILES string of the molecule is CC(NC(=O)Cn1nc(-c2ccc(F)cc2)ccc1=O)C(=O)O. The van der Waals surface area contributed by atoms with Gasteiger partial charge < -0.3 is 10.4 Å². The number of hydrogen-bond donors (Lipinski definition) is 2. The number of hydrogen-bond acceptors (Lipinski definition) is 4. The van der Waals surface area contributed by atoms with Crippen molar-refractivity contribution in [1.29, 1.82) is 0 Å². The third-order valence-corrected chi connectivity index (χ3v) is 3.05. The number of aromatic nitrogens is 2. The molecular formula is C15H14FN3O4. The predicted octanol–water partition coefficient (Wildman–Crippen LogP) is 0.639. The molecule has 0 saturated carbocycles. The van der Waals surface area contributed by atoms with E-state index in [2.05, 4.69) is 10.4 Å². The second kappa shape index (κ2) is 6.82. The van der Waals surface area contributed by atoms with E-state index >= 15 is 0 Å². The average Bonchev–Trinajstić information content (AvgIpc) is 2.50. The monoisotopic (exact) mass is 319 g/mol. The summed E-state index contributed by atoms with van der Waals surface area (Å²) in [7, 11) is 0. The molecule has 1 atom stereocenters. The zero-order valence-electron chi connectivity index (χ0n) is 12.2. The summed E-state index contributed by atoms with van der Waals surface area (Å²) in [6, 6.07) is 7.14. The van der Waals surface area contributed by atoms with Crippen LogP contribution in [0.2, 0.25) is 0 Å². The molecule has 0 bridgehead atoms. The number of benzene rings is 1. The molecule has 23 heavy (non-hydrogen) atoms. The van der Waals surface area contributed by atoms with Crippen molar-refractivity contribution in [2.75, 3.05) is 0 Å². The average molecular weight is 319 g/mol. The molecule has 1 aromatic heterocycles. The number of rotatable bonds is 5. The molecule has 0 spiro atoms. The van der Waals surface area contributed by atoms with Gasteiger partial charge in [0.15, 0.2) is 0 Å². The third-order valence-electron chi connectivity index (χ3n) is 3.05. The quantitative estimate of drug-likeness (QED) is 0.842. The van der Waals surface area contributed by atoms with Gasteiger partial charge in [-0.05, 0) is 37.3 Å². The lowest BCUT2D eigenvalue weighted by Crippen LogP contribution is -2.41. The number of carbonyl (C=O) groups is 2. The van der Waals surface area contributed by atoms with Crippen molar-refractivity contribution < 1.29 is 19.1 Å². The van der Waals surface area contributed by atoms with Crippen LogP contribution in [0.5, 0.6) is 0 Å². The van der Waals surface area contributed by atoms with Gasteiger partial charge in [0.05, 0.1) is 5.69 Å². The van der Waals surface area contributed by atoms with Crippen molar-refractivity contribution in [3.8, 4) is 11.3 Å². The lowest BCUT2D eigenvalue weighted by molar-refractivity contribution is -0.141. The van der Waals surface area contributed by atoms with E-state index in [0.717, 1.165) is 4.68 Å². The molecule has 0 fully saturated rings. The number of halogens is 1. The summed E-state index contributed by atoms with van der Waals surface area (Å²) in [5.74, 6) is -2.23. The molecule has 8 heteroatoms. The van der Waals surface area contributed by atoms with E-state index in [1.807, 2.05) is 0 Å². The molecule has 1 heterocycles. The number of carboxylic acid groups (broad SMARTS) is 1. The maximum Gasteiger partial charge on any atom is 0.325 e. The van der Waals surface area contributed by atoms with Gasteiger partial charge >= 0.3 is 5.97 Å². The van der Waals surface area contributed by atoms with Crippen molar-refractivity contribution in [3.63, 3.8) is 0 Å². The molecule has 2 N–H and O–H groups in total. The van der Waals surface area contributed by atoms with Crippen LogP contribution < -0.4 is 10.9 Å². The Kier molecular flexibility index (Phi) is 4.85. The fraction of sp³-hybridized carbons (Fsp3) is 0.200. The van der Waals surface area contributed by atoms with Gasteiger partial charge in [-0.15, -0.1) is 0 Å². The predicted molar refractivity (Wildman–Crippen MR) is 79.1 cm³/mol. The topological polar surface area (TPSA) is 101 Å². The third kappa shape index (κ3) is 4.22. The number of nitrogens with zero attached hydrogens (tertiary/aromatic N) is 2. The minimum Gasteiger partial charge on any atom is -0.480 e. The minimum atomic E-state index is -1.18. The highest BCUT2D eigenvalue weighted by molar-refractivity contribution is 5.83. The molecule has 1 amide bonds. The van der Waals surface area contributed by atoms with E-state index in [-0.39, 0.29) is 0 Å². The lowest BCUT2D eigenvalue weighted by atomic mass is 10.1. The van der Waals surface area contributed by atoms with Gasteiger partial charge in [0.1, 0.15) is 18.4 Å². The Bertz CT molecular complexity index is 786. The van der Waals surface area contributed by atoms with Gasteiger partial charge in [0.25, 0.3) is 5.56 Å². The van der Waals surface area contributed by atoms with Crippen LogP contribution in [-0.2, 0) is 16.1 Å². The van der Waals surface area contributed by atoms with Gasteiger partial charge in [-0.1, -0.05) is 0 Å². The summed E-state index contributed by atoms with van der Waals surface area (Å²) in [5.41, 5.74) is 0.470. The van der Waals surface area contributed by atoms with Crippen LogP contribution >= 0.6 is 0 Å². The molecule has 0 radical (unpaired) electrons. The molecule has 0 aliphatic rings. The fourth-order valence-corrected chi connectivity index (χ4v) is 1.82. The van der Waals surface area contributed by atoms with Crippen LogP contribution in [0.25, 0.3) is 11.3 Å². The largest absolute Gasteiger partial charge is 0.480 e. The summed E-state index contributed by atoms with van der Waals surface area (Å²) < 4.78 is 13.8. The highest BCUT2D eigenvalue weighted by atomic mass is 19.1. The number of aliphatic carboxylic acids is 1. The highest BCUT2D eigenvalue weighted by Gasteiger charge is 2.15. The van der Waals surface area contributed by atoms with Crippen LogP contribution in [0.15, 0.2) is 41.2 Å². The first-order chi connectivity index (χ1) is 10.9. The molecular weight excluding hydrogens is 305 g/mol. The first kappa shape index (κ1) is 16.3. The van der Waals surface area contributed by atoms with E-state index in [4.69, 9.17) is 5.11 Å². The van der Waals surface area contributed by atoms with Crippen LogP contribution in [-0.4, -0.2) is 32.8 Å². The van der Waals surface area contributed by atoms with Crippen molar-refractivity contribution in [2.45, 2.75) is 19.5 Å². The zero-order chi connectivity index (χ0) is 17.0. The molecule has 120 valence electrons. The van der Waals surface area contributed by atoms with Crippen LogP contribution in [0.1, 0.15) is 6.92 Å². The zero-order valence-corrected chi connectivity index (χ0v) is 12.2. The first-order valence-electron chi connectivity index (χ1n) is 6.73. The van der Waals surface area contributed by atoms with Gasteiger partial charge in [0, 0.05) is 11.6 Å². The standard InChI is InChI=1S/C15H14FN3O4/c1-9(15(22)23)17-13(20)8-19-14(21)7-6-12(18-19)10-2-4-11(16)5-3-10/h2-7,9H,8H2,1H3,(H,17,20)(H,22,23). The Labute approximate surface area is 130 Å².